The van der Waals surface area contributed by atoms with Gasteiger partial charge in [0.25, 0.3) is 0 Å². The van der Waals surface area contributed by atoms with Gasteiger partial charge < -0.3 is 10.1 Å². The standard InChI is InChI=1S/C15H18N2O/c1-3-14(16-2)15-10-9-13(11-17-15)18-12-7-5-4-6-8-12/h4-11,14,16H,3H2,1-2H3. The van der Waals surface area contributed by atoms with E-state index in [9.17, 15) is 0 Å². The minimum atomic E-state index is 0.302. The molecule has 0 bridgehead atoms. The van der Waals surface area contributed by atoms with Crippen molar-refractivity contribution < 1.29 is 4.74 Å². The Morgan fingerprint density at radius 3 is 2.44 bits per heavy atom. The highest BCUT2D eigenvalue weighted by Crippen LogP contribution is 2.22. The van der Waals surface area contributed by atoms with Crippen molar-refractivity contribution in [3.8, 4) is 11.5 Å². The Morgan fingerprint density at radius 1 is 1.11 bits per heavy atom. The molecule has 0 fully saturated rings. The van der Waals surface area contributed by atoms with Crippen LogP contribution in [0.3, 0.4) is 0 Å². The molecule has 3 heteroatoms. The molecule has 0 spiro atoms. The molecule has 18 heavy (non-hydrogen) atoms. The fourth-order valence-corrected chi connectivity index (χ4v) is 1.84. The van der Waals surface area contributed by atoms with Crippen LogP contribution in [0.15, 0.2) is 48.7 Å². The van der Waals surface area contributed by atoms with Gasteiger partial charge in [-0.15, -0.1) is 0 Å². The van der Waals surface area contributed by atoms with Crippen LogP contribution in [0, 0.1) is 0 Å². The van der Waals surface area contributed by atoms with Crippen molar-refractivity contribution in [2.24, 2.45) is 0 Å². The molecule has 0 aliphatic rings. The molecule has 0 aliphatic carbocycles. The van der Waals surface area contributed by atoms with Gasteiger partial charge in [0, 0.05) is 6.04 Å². The van der Waals surface area contributed by atoms with Crippen LogP contribution in [0.5, 0.6) is 11.5 Å². The summed E-state index contributed by atoms with van der Waals surface area (Å²) in [6.45, 7) is 2.14. The lowest BCUT2D eigenvalue weighted by Crippen LogP contribution is -2.16. The van der Waals surface area contributed by atoms with Gasteiger partial charge in [0.2, 0.25) is 0 Å². The summed E-state index contributed by atoms with van der Waals surface area (Å²) in [6, 6.07) is 14.0. The van der Waals surface area contributed by atoms with Gasteiger partial charge >= 0.3 is 0 Å². The van der Waals surface area contributed by atoms with Gasteiger partial charge in [0.05, 0.1) is 11.9 Å². The van der Waals surface area contributed by atoms with E-state index in [4.69, 9.17) is 4.74 Å². The predicted molar refractivity (Wildman–Crippen MR) is 72.8 cm³/mol. The average molecular weight is 242 g/mol. The zero-order chi connectivity index (χ0) is 12.8. The maximum Gasteiger partial charge on any atom is 0.145 e. The van der Waals surface area contributed by atoms with Gasteiger partial charge in [-0.2, -0.15) is 0 Å². The second-order valence-electron chi connectivity index (χ2n) is 4.08. The lowest BCUT2D eigenvalue weighted by atomic mass is 10.1. The first-order chi connectivity index (χ1) is 8.83. The number of ether oxygens (including phenoxy) is 1. The van der Waals surface area contributed by atoms with Gasteiger partial charge in [0.15, 0.2) is 0 Å². The molecule has 0 amide bonds. The third-order valence-electron chi connectivity index (χ3n) is 2.85. The third-order valence-corrected chi connectivity index (χ3v) is 2.85. The number of para-hydroxylation sites is 1. The van der Waals surface area contributed by atoms with Gasteiger partial charge in [-0.25, -0.2) is 0 Å². The summed E-state index contributed by atoms with van der Waals surface area (Å²) in [5.74, 6) is 1.59. The van der Waals surface area contributed by atoms with E-state index in [2.05, 4.69) is 17.2 Å². The number of rotatable bonds is 5. The summed E-state index contributed by atoms with van der Waals surface area (Å²) < 4.78 is 5.70. The molecule has 1 atom stereocenters. The van der Waals surface area contributed by atoms with Crippen molar-refractivity contribution in [1.29, 1.82) is 0 Å². The van der Waals surface area contributed by atoms with Crippen molar-refractivity contribution in [2.75, 3.05) is 7.05 Å². The molecule has 1 aromatic carbocycles. The van der Waals surface area contributed by atoms with Crippen molar-refractivity contribution in [3.63, 3.8) is 0 Å². The van der Waals surface area contributed by atoms with Crippen LogP contribution in [0.4, 0.5) is 0 Å². The van der Waals surface area contributed by atoms with Crippen LogP contribution in [0.2, 0.25) is 0 Å². The molecule has 0 saturated carbocycles. The third kappa shape index (κ3) is 3.08. The van der Waals surface area contributed by atoms with Crippen LogP contribution in [0.1, 0.15) is 25.1 Å². The summed E-state index contributed by atoms with van der Waals surface area (Å²) in [7, 11) is 1.95. The lowest BCUT2D eigenvalue weighted by molar-refractivity contribution is 0.477. The molecule has 1 heterocycles. The van der Waals surface area contributed by atoms with Gasteiger partial charge in [-0.05, 0) is 37.7 Å². The van der Waals surface area contributed by atoms with E-state index in [1.54, 1.807) is 6.20 Å². The minimum Gasteiger partial charge on any atom is -0.456 e. The Balaban J connectivity index is 2.08. The average Bonchev–Trinajstić information content (AvgIpc) is 2.43. The van der Waals surface area contributed by atoms with Crippen molar-refractivity contribution in [2.45, 2.75) is 19.4 Å². The first-order valence-electron chi connectivity index (χ1n) is 6.19. The van der Waals surface area contributed by atoms with E-state index in [1.807, 2.05) is 49.5 Å². The molecule has 2 rings (SSSR count). The van der Waals surface area contributed by atoms with E-state index in [0.29, 0.717) is 6.04 Å². The topological polar surface area (TPSA) is 34.1 Å². The second-order valence-corrected chi connectivity index (χ2v) is 4.08. The fourth-order valence-electron chi connectivity index (χ4n) is 1.84. The molecule has 94 valence electrons. The molecular weight excluding hydrogens is 224 g/mol. The van der Waals surface area contributed by atoms with Crippen LogP contribution in [0.25, 0.3) is 0 Å². The summed E-state index contributed by atoms with van der Waals surface area (Å²) in [6.07, 6.45) is 2.78. The monoisotopic (exact) mass is 242 g/mol. The van der Waals surface area contributed by atoms with E-state index < -0.39 is 0 Å². The number of hydrogen-bond donors (Lipinski definition) is 1. The number of pyridine rings is 1. The molecule has 3 nitrogen and oxygen atoms in total. The number of hydrogen-bond acceptors (Lipinski definition) is 3. The quantitative estimate of drug-likeness (QED) is 0.870. The number of nitrogens with one attached hydrogen (secondary N) is 1. The summed E-state index contributed by atoms with van der Waals surface area (Å²) >= 11 is 0. The first-order valence-corrected chi connectivity index (χ1v) is 6.19. The van der Waals surface area contributed by atoms with Crippen LogP contribution < -0.4 is 10.1 Å². The Hall–Kier alpha value is -1.87. The zero-order valence-corrected chi connectivity index (χ0v) is 10.8. The number of nitrogens with zero attached hydrogens (tertiary/aromatic N) is 1. The Labute approximate surface area is 108 Å². The molecule has 2 aromatic rings. The van der Waals surface area contributed by atoms with Crippen molar-refractivity contribution in [1.82, 2.24) is 10.3 Å². The van der Waals surface area contributed by atoms with Crippen molar-refractivity contribution >= 4 is 0 Å². The smallest absolute Gasteiger partial charge is 0.145 e. The Bertz CT molecular complexity index is 464. The normalized spacial score (nSPS) is 12.1. The van der Waals surface area contributed by atoms with E-state index in [1.165, 1.54) is 0 Å². The van der Waals surface area contributed by atoms with Crippen LogP contribution in [-0.4, -0.2) is 12.0 Å². The fraction of sp³-hybridized carbons (Fsp3) is 0.267. The lowest BCUT2D eigenvalue weighted by Gasteiger charge is -2.13. The first kappa shape index (κ1) is 12.6. The Kier molecular flexibility index (Phi) is 4.31. The van der Waals surface area contributed by atoms with Gasteiger partial charge in [-0.1, -0.05) is 25.1 Å². The summed E-state index contributed by atoms with van der Waals surface area (Å²) in [5.41, 5.74) is 1.04. The SMILES string of the molecule is CCC(NC)c1ccc(Oc2ccccc2)cn1. The number of aromatic nitrogens is 1. The maximum atomic E-state index is 5.70. The molecule has 0 radical (unpaired) electrons. The van der Waals surface area contributed by atoms with Gasteiger partial charge in [-0.3, -0.25) is 4.98 Å². The summed E-state index contributed by atoms with van der Waals surface area (Å²) in [5, 5.41) is 3.23. The second kappa shape index (κ2) is 6.17. The van der Waals surface area contributed by atoms with Crippen molar-refractivity contribution in [3.05, 3.63) is 54.4 Å². The van der Waals surface area contributed by atoms with E-state index in [0.717, 1.165) is 23.6 Å². The predicted octanol–water partition coefficient (Wildman–Crippen LogP) is 3.54. The van der Waals surface area contributed by atoms with Crippen LogP contribution in [-0.2, 0) is 0 Å². The zero-order valence-electron chi connectivity index (χ0n) is 10.8. The number of benzene rings is 1. The molecule has 1 N–H and O–H groups in total. The minimum absolute atomic E-state index is 0.302. The molecule has 0 aliphatic heterocycles. The highest BCUT2D eigenvalue weighted by molar-refractivity contribution is 5.30. The Morgan fingerprint density at radius 2 is 1.89 bits per heavy atom. The van der Waals surface area contributed by atoms with Gasteiger partial charge in [0.1, 0.15) is 11.5 Å². The molecule has 0 saturated heterocycles. The molecular formula is C15H18N2O. The highest BCUT2D eigenvalue weighted by atomic mass is 16.5. The largest absolute Gasteiger partial charge is 0.456 e. The molecule has 1 unspecified atom stereocenters. The van der Waals surface area contributed by atoms with Crippen LogP contribution >= 0.6 is 0 Å². The summed E-state index contributed by atoms with van der Waals surface area (Å²) in [4.78, 5) is 4.43. The van der Waals surface area contributed by atoms with E-state index >= 15 is 0 Å². The maximum absolute atomic E-state index is 5.70. The van der Waals surface area contributed by atoms with E-state index in [-0.39, 0.29) is 0 Å². The molecule has 1 aromatic heterocycles. The highest BCUT2D eigenvalue weighted by Gasteiger charge is 2.07.